The van der Waals surface area contributed by atoms with Gasteiger partial charge in [0.15, 0.2) is 0 Å². The minimum atomic E-state index is -3.48. The second-order valence-corrected chi connectivity index (χ2v) is 5.87. The Kier molecular flexibility index (Phi) is 6.11. The molecular weight excluding hydrogens is 250 g/mol. The lowest BCUT2D eigenvalue weighted by atomic mass is 10.2. The maximum Gasteiger partial charge on any atom is 0.242 e. The first kappa shape index (κ1) is 14.9. The van der Waals surface area contributed by atoms with Crippen molar-refractivity contribution in [3.8, 4) is 0 Å². The Labute approximate surface area is 109 Å². The Bertz CT molecular complexity index is 460. The first-order valence-corrected chi connectivity index (χ1v) is 7.60. The van der Waals surface area contributed by atoms with Crippen molar-refractivity contribution in [1.29, 1.82) is 0 Å². The minimum Gasteiger partial charge on any atom is -0.398 e. The van der Waals surface area contributed by atoms with Gasteiger partial charge in [0.1, 0.15) is 4.90 Å². The summed E-state index contributed by atoms with van der Waals surface area (Å²) < 4.78 is 26.4. The summed E-state index contributed by atoms with van der Waals surface area (Å²) in [5.41, 5.74) is 11.3. The third-order valence-electron chi connectivity index (χ3n) is 2.63. The molecule has 5 nitrogen and oxygen atoms in total. The number of rotatable bonds is 8. The van der Waals surface area contributed by atoms with E-state index < -0.39 is 10.0 Å². The lowest BCUT2D eigenvalue weighted by molar-refractivity contribution is 0.572. The zero-order chi connectivity index (χ0) is 13.4. The molecular formula is C12H21N3O2S. The molecule has 102 valence electrons. The highest BCUT2D eigenvalue weighted by atomic mass is 32.2. The maximum atomic E-state index is 11.9. The van der Waals surface area contributed by atoms with Gasteiger partial charge in [0, 0.05) is 6.54 Å². The van der Waals surface area contributed by atoms with Crippen LogP contribution in [0.25, 0.3) is 0 Å². The number of para-hydroxylation sites is 1. The van der Waals surface area contributed by atoms with Crippen LogP contribution in [0.2, 0.25) is 0 Å². The van der Waals surface area contributed by atoms with Crippen molar-refractivity contribution in [3.05, 3.63) is 24.3 Å². The molecule has 0 aliphatic carbocycles. The molecule has 0 fully saturated rings. The second-order valence-electron chi connectivity index (χ2n) is 4.14. The Morgan fingerprint density at radius 1 is 1.06 bits per heavy atom. The van der Waals surface area contributed by atoms with Gasteiger partial charge in [-0.15, -0.1) is 0 Å². The summed E-state index contributed by atoms with van der Waals surface area (Å²) in [5.74, 6) is 0. The normalized spacial score (nSPS) is 11.6. The van der Waals surface area contributed by atoms with E-state index in [1.165, 1.54) is 6.07 Å². The molecule has 0 atom stereocenters. The van der Waals surface area contributed by atoms with Gasteiger partial charge in [-0.1, -0.05) is 25.0 Å². The molecule has 0 bridgehead atoms. The van der Waals surface area contributed by atoms with Gasteiger partial charge in [-0.25, -0.2) is 13.1 Å². The van der Waals surface area contributed by atoms with Gasteiger partial charge in [-0.2, -0.15) is 0 Å². The zero-order valence-corrected chi connectivity index (χ0v) is 11.2. The smallest absolute Gasteiger partial charge is 0.242 e. The number of hydrogen-bond donors (Lipinski definition) is 3. The van der Waals surface area contributed by atoms with Crippen LogP contribution in [0.4, 0.5) is 5.69 Å². The van der Waals surface area contributed by atoms with Crippen LogP contribution in [-0.4, -0.2) is 21.5 Å². The molecule has 0 radical (unpaired) electrons. The van der Waals surface area contributed by atoms with E-state index in [0.717, 1.165) is 25.7 Å². The molecule has 18 heavy (non-hydrogen) atoms. The van der Waals surface area contributed by atoms with E-state index in [0.29, 0.717) is 13.1 Å². The Balaban J connectivity index is 2.44. The van der Waals surface area contributed by atoms with Crippen molar-refractivity contribution < 1.29 is 8.42 Å². The van der Waals surface area contributed by atoms with E-state index in [1.807, 2.05) is 0 Å². The summed E-state index contributed by atoms with van der Waals surface area (Å²) in [4.78, 5) is 0.145. The van der Waals surface area contributed by atoms with Gasteiger partial charge in [-0.3, -0.25) is 0 Å². The molecule has 0 spiro atoms. The first-order valence-electron chi connectivity index (χ1n) is 6.12. The number of nitrogen functional groups attached to an aromatic ring is 1. The average Bonchev–Trinajstić information content (AvgIpc) is 2.34. The van der Waals surface area contributed by atoms with E-state index in [-0.39, 0.29) is 10.6 Å². The van der Waals surface area contributed by atoms with Gasteiger partial charge in [0.05, 0.1) is 5.69 Å². The fraction of sp³-hybridized carbons (Fsp3) is 0.500. The van der Waals surface area contributed by atoms with Crippen LogP contribution in [0.15, 0.2) is 29.2 Å². The molecule has 5 N–H and O–H groups in total. The number of anilines is 1. The van der Waals surface area contributed by atoms with Gasteiger partial charge in [0.25, 0.3) is 0 Å². The van der Waals surface area contributed by atoms with Gasteiger partial charge >= 0.3 is 0 Å². The fourth-order valence-electron chi connectivity index (χ4n) is 1.63. The van der Waals surface area contributed by atoms with Crippen LogP contribution in [0.5, 0.6) is 0 Å². The van der Waals surface area contributed by atoms with E-state index in [2.05, 4.69) is 4.72 Å². The monoisotopic (exact) mass is 271 g/mol. The lowest BCUT2D eigenvalue weighted by Crippen LogP contribution is -2.25. The predicted molar refractivity (Wildman–Crippen MR) is 73.6 cm³/mol. The average molecular weight is 271 g/mol. The van der Waals surface area contributed by atoms with Crippen molar-refractivity contribution in [2.75, 3.05) is 18.8 Å². The SMILES string of the molecule is NCCCCCCNS(=O)(=O)c1ccccc1N. The molecule has 1 rings (SSSR count). The standard InChI is InChI=1S/C12H21N3O2S/c13-9-5-1-2-6-10-15-18(16,17)12-8-4-3-7-11(12)14/h3-4,7-8,15H,1-2,5-6,9-10,13-14H2. The molecule has 6 heteroatoms. The molecule has 1 aromatic carbocycles. The molecule has 0 amide bonds. The highest BCUT2D eigenvalue weighted by Crippen LogP contribution is 2.16. The summed E-state index contributed by atoms with van der Waals surface area (Å²) in [6.45, 7) is 1.12. The Hall–Kier alpha value is -1.11. The number of sulfonamides is 1. The van der Waals surface area contributed by atoms with Gasteiger partial charge in [0.2, 0.25) is 10.0 Å². The third-order valence-corrected chi connectivity index (χ3v) is 4.17. The number of nitrogens with one attached hydrogen (secondary N) is 1. The Morgan fingerprint density at radius 2 is 1.72 bits per heavy atom. The number of unbranched alkanes of at least 4 members (excludes halogenated alkanes) is 3. The van der Waals surface area contributed by atoms with Crippen LogP contribution in [0, 0.1) is 0 Å². The van der Waals surface area contributed by atoms with Crippen LogP contribution < -0.4 is 16.2 Å². The summed E-state index contributed by atoms with van der Waals surface area (Å²) in [7, 11) is -3.48. The van der Waals surface area contributed by atoms with Crippen molar-refractivity contribution in [2.24, 2.45) is 5.73 Å². The lowest BCUT2D eigenvalue weighted by Gasteiger charge is -2.08. The zero-order valence-electron chi connectivity index (χ0n) is 10.4. The molecule has 0 saturated heterocycles. The van der Waals surface area contributed by atoms with E-state index in [9.17, 15) is 8.42 Å². The van der Waals surface area contributed by atoms with Crippen LogP contribution >= 0.6 is 0 Å². The Morgan fingerprint density at radius 3 is 2.39 bits per heavy atom. The minimum absolute atomic E-state index is 0.145. The van der Waals surface area contributed by atoms with Crippen LogP contribution in [-0.2, 0) is 10.0 Å². The van der Waals surface area contributed by atoms with Gasteiger partial charge in [-0.05, 0) is 31.5 Å². The molecule has 0 aliphatic rings. The highest BCUT2D eigenvalue weighted by molar-refractivity contribution is 7.89. The van der Waals surface area contributed by atoms with Crippen molar-refractivity contribution in [2.45, 2.75) is 30.6 Å². The summed E-state index contributed by atoms with van der Waals surface area (Å²) in [6, 6.07) is 6.45. The van der Waals surface area contributed by atoms with Crippen LogP contribution in [0.3, 0.4) is 0 Å². The van der Waals surface area contributed by atoms with E-state index in [4.69, 9.17) is 11.5 Å². The molecule has 0 aliphatic heterocycles. The van der Waals surface area contributed by atoms with E-state index >= 15 is 0 Å². The van der Waals surface area contributed by atoms with Crippen molar-refractivity contribution in [3.63, 3.8) is 0 Å². The van der Waals surface area contributed by atoms with Crippen LogP contribution in [0.1, 0.15) is 25.7 Å². The fourth-order valence-corrected chi connectivity index (χ4v) is 2.84. The number of hydrogen-bond acceptors (Lipinski definition) is 4. The topological polar surface area (TPSA) is 98.2 Å². The third kappa shape index (κ3) is 4.64. The quantitative estimate of drug-likeness (QED) is 0.486. The van der Waals surface area contributed by atoms with Crippen molar-refractivity contribution >= 4 is 15.7 Å². The predicted octanol–water partition coefficient (Wildman–Crippen LogP) is 1.07. The van der Waals surface area contributed by atoms with E-state index in [1.54, 1.807) is 18.2 Å². The molecule has 0 saturated carbocycles. The summed E-state index contributed by atoms with van der Waals surface area (Å²) >= 11 is 0. The highest BCUT2D eigenvalue weighted by Gasteiger charge is 2.15. The van der Waals surface area contributed by atoms with Gasteiger partial charge < -0.3 is 11.5 Å². The number of nitrogens with two attached hydrogens (primary N) is 2. The maximum absolute atomic E-state index is 11.9. The molecule has 0 aromatic heterocycles. The summed E-state index contributed by atoms with van der Waals surface area (Å²) in [6.07, 6.45) is 3.81. The second kappa shape index (κ2) is 7.35. The number of benzene rings is 1. The van der Waals surface area contributed by atoms with Crippen molar-refractivity contribution in [1.82, 2.24) is 4.72 Å². The molecule has 0 heterocycles. The molecule has 0 unspecified atom stereocenters. The molecule has 1 aromatic rings. The summed E-state index contributed by atoms with van der Waals surface area (Å²) in [5, 5.41) is 0. The largest absolute Gasteiger partial charge is 0.398 e. The first-order chi connectivity index (χ1) is 8.58.